The van der Waals surface area contributed by atoms with Gasteiger partial charge in [0.2, 0.25) is 0 Å². The van der Waals surface area contributed by atoms with Crippen molar-refractivity contribution in [2.24, 2.45) is 0 Å². The molecule has 0 atom stereocenters. The molecule has 0 amide bonds. The molecule has 1 aromatic carbocycles. The second-order valence-electron chi connectivity index (χ2n) is 3.79. The second-order valence-corrected chi connectivity index (χ2v) is 3.79. The lowest BCUT2D eigenvalue weighted by Gasteiger charge is -2.06. The van der Waals surface area contributed by atoms with Gasteiger partial charge in [0.05, 0.1) is 0 Å². The summed E-state index contributed by atoms with van der Waals surface area (Å²) in [6, 6.07) is 8.27. The summed E-state index contributed by atoms with van der Waals surface area (Å²) in [5, 5.41) is 3.31. The predicted octanol–water partition coefficient (Wildman–Crippen LogP) is 3.17. The lowest BCUT2D eigenvalue weighted by Crippen LogP contribution is -2.04. The zero-order valence-electron chi connectivity index (χ0n) is 9.55. The van der Waals surface area contributed by atoms with Crippen LogP contribution in [0.1, 0.15) is 31.7 Å². The minimum Gasteiger partial charge on any atom is -0.385 e. The molecular weight excluding hydrogens is 186 g/mol. The maximum absolute atomic E-state index is 11.0. The number of hydrogen-bond acceptors (Lipinski definition) is 2. The van der Waals surface area contributed by atoms with Crippen molar-refractivity contribution in [3.63, 3.8) is 0 Å². The molecule has 0 aromatic heterocycles. The van der Waals surface area contributed by atoms with Crippen LogP contribution < -0.4 is 5.32 Å². The number of nitrogens with one attached hydrogen (secondary N) is 1. The monoisotopic (exact) mass is 205 g/mol. The second kappa shape index (κ2) is 6.23. The standard InChI is InChI=1S/C13H19NO/c1-3-13(15)8-5-9-14-12-7-4-6-11(2)10-12/h4,6-7,10,14H,3,5,8-9H2,1-2H3. The minimum atomic E-state index is 0.348. The van der Waals surface area contributed by atoms with E-state index in [-0.39, 0.29) is 0 Å². The molecule has 15 heavy (non-hydrogen) atoms. The van der Waals surface area contributed by atoms with E-state index in [0.29, 0.717) is 18.6 Å². The van der Waals surface area contributed by atoms with Gasteiger partial charge < -0.3 is 5.32 Å². The van der Waals surface area contributed by atoms with Crippen LogP contribution in [-0.2, 0) is 4.79 Å². The quantitative estimate of drug-likeness (QED) is 0.723. The van der Waals surface area contributed by atoms with Crippen LogP contribution in [-0.4, -0.2) is 12.3 Å². The number of carbonyl (C=O) groups excluding carboxylic acids is 1. The number of rotatable bonds is 6. The predicted molar refractivity (Wildman–Crippen MR) is 64.2 cm³/mol. The first-order valence-corrected chi connectivity index (χ1v) is 5.54. The summed E-state index contributed by atoms with van der Waals surface area (Å²) in [6.07, 6.45) is 2.26. The average Bonchev–Trinajstić information content (AvgIpc) is 2.24. The van der Waals surface area contributed by atoms with Crippen molar-refractivity contribution in [1.29, 1.82) is 0 Å². The Morgan fingerprint density at radius 3 is 2.87 bits per heavy atom. The first-order chi connectivity index (χ1) is 7.22. The summed E-state index contributed by atoms with van der Waals surface area (Å²) in [5.41, 5.74) is 2.39. The summed E-state index contributed by atoms with van der Waals surface area (Å²) in [5.74, 6) is 0.348. The number of Topliss-reactive ketones (excluding diaryl/α,β-unsaturated/α-hetero) is 1. The zero-order valence-corrected chi connectivity index (χ0v) is 9.55. The highest BCUT2D eigenvalue weighted by Gasteiger charge is 1.97. The molecule has 0 saturated heterocycles. The molecule has 1 aromatic rings. The van der Waals surface area contributed by atoms with E-state index in [1.54, 1.807) is 0 Å². The molecule has 0 aliphatic carbocycles. The zero-order chi connectivity index (χ0) is 11.1. The summed E-state index contributed by atoms with van der Waals surface area (Å²) >= 11 is 0. The molecule has 0 aliphatic rings. The third-order valence-corrected chi connectivity index (χ3v) is 2.37. The van der Waals surface area contributed by atoms with Crippen LogP contribution >= 0.6 is 0 Å². The van der Waals surface area contributed by atoms with Gasteiger partial charge in [-0.3, -0.25) is 4.79 Å². The first kappa shape index (κ1) is 11.8. The Labute approximate surface area is 91.7 Å². The number of hydrogen-bond donors (Lipinski definition) is 1. The highest BCUT2D eigenvalue weighted by molar-refractivity contribution is 5.77. The molecule has 0 heterocycles. The molecule has 0 unspecified atom stereocenters. The van der Waals surface area contributed by atoms with Gasteiger partial charge in [-0.1, -0.05) is 19.1 Å². The third kappa shape index (κ3) is 4.63. The number of carbonyl (C=O) groups is 1. The Balaban J connectivity index is 2.23. The van der Waals surface area contributed by atoms with Crippen LogP contribution in [0, 0.1) is 6.92 Å². The molecule has 1 N–H and O–H groups in total. The van der Waals surface area contributed by atoms with Crippen LogP contribution in [0.25, 0.3) is 0 Å². The highest BCUT2D eigenvalue weighted by Crippen LogP contribution is 2.09. The molecule has 0 saturated carbocycles. The van der Waals surface area contributed by atoms with Crippen LogP contribution in [0.5, 0.6) is 0 Å². The molecule has 2 heteroatoms. The molecule has 0 radical (unpaired) electrons. The van der Waals surface area contributed by atoms with Crippen LogP contribution in [0.3, 0.4) is 0 Å². The van der Waals surface area contributed by atoms with E-state index in [9.17, 15) is 4.79 Å². The van der Waals surface area contributed by atoms with E-state index in [1.807, 2.05) is 13.0 Å². The van der Waals surface area contributed by atoms with Gasteiger partial charge in [0.25, 0.3) is 0 Å². The number of aryl methyl sites for hydroxylation is 1. The first-order valence-electron chi connectivity index (χ1n) is 5.54. The lowest BCUT2D eigenvalue weighted by atomic mass is 10.2. The Bertz CT molecular complexity index is 320. The minimum absolute atomic E-state index is 0.348. The Hall–Kier alpha value is -1.31. The molecule has 2 nitrogen and oxygen atoms in total. The van der Waals surface area contributed by atoms with Crippen molar-refractivity contribution in [1.82, 2.24) is 0 Å². The maximum atomic E-state index is 11.0. The lowest BCUT2D eigenvalue weighted by molar-refractivity contribution is -0.118. The van der Waals surface area contributed by atoms with Crippen molar-refractivity contribution in [2.45, 2.75) is 33.1 Å². The van der Waals surface area contributed by atoms with Gasteiger partial charge in [0.1, 0.15) is 5.78 Å². The summed E-state index contributed by atoms with van der Waals surface area (Å²) < 4.78 is 0. The van der Waals surface area contributed by atoms with Crippen molar-refractivity contribution in [3.8, 4) is 0 Å². The summed E-state index contributed by atoms with van der Waals surface area (Å²) in [4.78, 5) is 11.0. The smallest absolute Gasteiger partial charge is 0.132 e. The fraction of sp³-hybridized carbons (Fsp3) is 0.462. The normalized spacial score (nSPS) is 10.0. The van der Waals surface area contributed by atoms with Crippen molar-refractivity contribution in [3.05, 3.63) is 29.8 Å². The molecule has 0 fully saturated rings. The van der Waals surface area contributed by atoms with Crippen molar-refractivity contribution in [2.75, 3.05) is 11.9 Å². The van der Waals surface area contributed by atoms with Gasteiger partial charge in [-0.05, 0) is 31.0 Å². The third-order valence-electron chi connectivity index (χ3n) is 2.37. The molecule has 0 aliphatic heterocycles. The average molecular weight is 205 g/mol. The summed E-state index contributed by atoms with van der Waals surface area (Å²) in [6.45, 7) is 4.86. The Morgan fingerprint density at radius 1 is 1.40 bits per heavy atom. The number of ketones is 1. The van der Waals surface area contributed by atoms with Gasteiger partial charge in [0.15, 0.2) is 0 Å². The van der Waals surface area contributed by atoms with E-state index >= 15 is 0 Å². The van der Waals surface area contributed by atoms with Crippen LogP contribution in [0.4, 0.5) is 5.69 Å². The number of benzene rings is 1. The fourth-order valence-corrected chi connectivity index (χ4v) is 1.45. The topological polar surface area (TPSA) is 29.1 Å². The van der Waals surface area contributed by atoms with Gasteiger partial charge in [-0.25, -0.2) is 0 Å². The van der Waals surface area contributed by atoms with E-state index in [2.05, 4.69) is 30.4 Å². The molecule has 1 rings (SSSR count). The fourth-order valence-electron chi connectivity index (χ4n) is 1.45. The molecular formula is C13H19NO. The number of anilines is 1. The van der Waals surface area contributed by atoms with E-state index < -0.39 is 0 Å². The van der Waals surface area contributed by atoms with E-state index in [0.717, 1.165) is 18.7 Å². The largest absolute Gasteiger partial charge is 0.385 e. The van der Waals surface area contributed by atoms with E-state index in [4.69, 9.17) is 0 Å². The summed E-state index contributed by atoms with van der Waals surface area (Å²) in [7, 11) is 0. The Kier molecular flexibility index (Phi) is 4.88. The highest BCUT2D eigenvalue weighted by atomic mass is 16.1. The molecule has 82 valence electrons. The van der Waals surface area contributed by atoms with E-state index in [1.165, 1.54) is 5.56 Å². The molecule has 0 bridgehead atoms. The Morgan fingerprint density at radius 2 is 2.20 bits per heavy atom. The van der Waals surface area contributed by atoms with Crippen molar-refractivity contribution >= 4 is 11.5 Å². The van der Waals surface area contributed by atoms with Gasteiger partial charge in [-0.2, -0.15) is 0 Å². The molecule has 0 spiro atoms. The SMILES string of the molecule is CCC(=O)CCCNc1cccc(C)c1. The van der Waals surface area contributed by atoms with Crippen molar-refractivity contribution < 1.29 is 4.79 Å². The van der Waals surface area contributed by atoms with Gasteiger partial charge in [-0.15, -0.1) is 0 Å². The van der Waals surface area contributed by atoms with Gasteiger partial charge >= 0.3 is 0 Å². The van der Waals surface area contributed by atoms with Crippen LogP contribution in [0.15, 0.2) is 24.3 Å². The van der Waals surface area contributed by atoms with Crippen LogP contribution in [0.2, 0.25) is 0 Å². The maximum Gasteiger partial charge on any atom is 0.132 e. The van der Waals surface area contributed by atoms with Gasteiger partial charge in [0, 0.05) is 25.1 Å².